The molecule has 3 rings (SSSR count). The molecule has 1 atom stereocenters. The second-order valence-corrected chi connectivity index (χ2v) is 7.30. The van der Waals surface area contributed by atoms with Crippen molar-refractivity contribution in [2.24, 2.45) is 0 Å². The second kappa shape index (κ2) is 9.12. The molecule has 1 aliphatic heterocycles. The lowest BCUT2D eigenvalue weighted by atomic mass is 10.0. The van der Waals surface area contributed by atoms with Gasteiger partial charge in [-0.25, -0.2) is 4.39 Å². The molecule has 1 aromatic heterocycles. The summed E-state index contributed by atoms with van der Waals surface area (Å²) in [5.41, 5.74) is 1.73. The molecule has 0 spiro atoms. The Hall–Kier alpha value is -1.71. The highest BCUT2D eigenvalue weighted by Crippen LogP contribution is 2.18. The molecular formula is C20H23FN2OS. The van der Waals surface area contributed by atoms with Gasteiger partial charge < -0.3 is 10.4 Å². The van der Waals surface area contributed by atoms with E-state index in [2.05, 4.69) is 28.1 Å². The number of rotatable bonds is 5. The van der Waals surface area contributed by atoms with Crippen molar-refractivity contribution in [2.75, 3.05) is 19.7 Å². The van der Waals surface area contributed by atoms with Crippen molar-refractivity contribution < 1.29 is 9.50 Å². The third-order valence-corrected chi connectivity index (χ3v) is 5.32. The summed E-state index contributed by atoms with van der Waals surface area (Å²) in [6, 6.07) is 9.52. The van der Waals surface area contributed by atoms with Crippen molar-refractivity contribution in [3.63, 3.8) is 0 Å². The summed E-state index contributed by atoms with van der Waals surface area (Å²) >= 11 is 1.68. The molecule has 0 radical (unpaired) electrons. The van der Waals surface area contributed by atoms with E-state index < -0.39 is 0 Å². The van der Waals surface area contributed by atoms with Gasteiger partial charge in [0.25, 0.3) is 0 Å². The van der Waals surface area contributed by atoms with Crippen LogP contribution >= 0.6 is 11.3 Å². The van der Waals surface area contributed by atoms with Crippen LogP contribution in [0, 0.1) is 17.7 Å². The van der Waals surface area contributed by atoms with Gasteiger partial charge in [-0.05, 0) is 31.5 Å². The molecule has 1 aliphatic rings. The molecule has 1 saturated heterocycles. The first-order valence-corrected chi connectivity index (χ1v) is 9.49. The number of thiophene rings is 1. The Morgan fingerprint density at radius 2 is 2.24 bits per heavy atom. The number of likely N-dealkylation sites (tertiary alicyclic amines) is 1. The van der Waals surface area contributed by atoms with Crippen molar-refractivity contribution in [3.8, 4) is 11.8 Å². The van der Waals surface area contributed by atoms with Gasteiger partial charge in [0.1, 0.15) is 12.4 Å². The van der Waals surface area contributed by atoms with E-state index >= 15 is 0 Å². The van der Waals surface area contributed by atoms with Crippen LogP contribution in [-0.4, -0.2) is 35.7 Å². The van der Waals surface area contributed by atoms with Crippen LogP contribution in [0.25, 0.3) is 0 Å². The molecular weight excluding hydrogens is 335 g/mol. The standard InChI is InChI=1S/C20H23FN2OS/c21-20-8-2-1-6-17(20)13-23-9-3-7-18(14-23)22-12-19-11-16(15-25-19)5-4-10-24/h1-2,6,8,11,15,18,22,24H,3,7,9-10,12-14H2. The zero-order chi connectivity index (χ0) is 17.5. The fourth-order valence-corrected chi connectivity index (χ4v) is 3.93. The maximum atomic E-state index is 13.8. The molecule has 0 saturated carbocycles. The SMILES string of the molecule is OCC#Cc1csc(CNC2CCCN(Cc3ccccc3F)C2)c1. The van der Waals surface area contributed by atoms with E-state index in [-0.39, 0.29) is 12.4 Å². The average molecular weight is 358 g/mol. The van der Waals surface area contributed by atoms with Gasteiger partial charge >= 0.3 is 0 Å². The third-order valence-electron chi connectivity index (χ3n) is 4.39. The fraction of sp³-hybridized carbons (Fsp3) is 0.400. The Morgan fingerprint density at radius 3 is 3.08 bits per heavy atom. The molecule has 0 aliphatic carbocycles. The Morgan fingerprint density at radius 1 is 1.36 bits per heavy atom. The fourth-order valence-electron chi connectivity index (χ4n) is 3.16. The van der Waals surface area contributed by atoms with Gasteiger partial charge in [-0.2, -0.15) is 0 Å². The van der Waals surface area contributed by atoms with E-state index in [0.717, 1.165) is 43.6 Å². The molecule has 1 aromatic carbocycles. The minimum atomic E-state index is -0.118. The van der Waals surface area contributed by atoms with Crippen LogP contribution < -0.4 is 5.32 Å². The van der Waals surface area contributed by atoms with Gasteiger partial charge in [0.05, 0.1) is 0 Å². The molecule has 2 N–H and O–H groups in total. The first-order valence-electron chi connectivity index (χ1n) is 8.61. The zero-order valence-corrected chi connectivity index (χ0v) is 15.0. The average Bonchev–Trinajstić information content (AvgIpc) is 3.08. The Labute approximate surface area is 152 Å². The lowest BCUT2D eigenvalue weighted by Gasteiger charge is -2.33. The number of piperidine rings is 1. The minimum absolute atomic E-state index is 0.108. The number of aliphatic hydroxyl groups is 1. The topological polar surface area (TPSA) is 35.5 Å². The second-order valence-electron chi connectivity index (χ2n) is 6.31. The van der Waals surface area contributed by atoms with Crippen LogP contribution in [0.5, 0.6) is 0 Å². The van der Waals surface area contributed by atoms with Crippen LogP contribution in [0.4, 0.5) is 4.39 Å². The highest BCUT2D eigenvalue weighted by molar-refractivity contribution is 7.10. The Kier molecular flexibility index (Phi) is 6.60. The zero-order valence-electron chi connectivity index (χ0n) is 14.2. The number of hydrogen-bond donors (Lipinski definition) is 2. The summed E-state index contributed by atoms with van der Waals surface area (Å²) in [4.78, 5) is 3.57. The van der Waals surface area contributed by atoms with Crippen molar-refractivity contribution in [3.05, 3.63) is 57.5 Å². The quantitative estimate of drug-likeness (QED) is 0.807. The van der Waals surface area contributed by atoms with Crippen LogP contribution in [0.15, 0.2) is 35.7 Å². The number of aliphatic hydroxyl groups excluding tert-OH is 1. The maximum Gasteiger partial charge on any atom is 0.127 e. The van der Waals surface area contributed by atoms with Gasteiger partial charge in [-0.3, -0.25) is 4.90 Å². The Bertz CT molecular complexity index is 749. The molecule has 2 heterocycles. The largest absolute Gasteiger partial charge is 0.384 e. The van der Waals surface area contributed by atoms with Gasteiger partial charge in [-0.15, -0.1) is 11.3 Å². The summed E-state index contributed by atoms with van der Waals surface area (Å²) in [7, 11) is 0. The van der Waals surface area contributed by atoms with E-state index in [0.29, 0.717) is 12.6 Å². The molecule has 2 aromatic rings. The monoisotopic (exact) mass is 358 g/mol. The number of hydrogen-bond acceptors (Lipinski definition) is 4. The van der Waals surface area contributed by atoms with E-state index in [4.69, 9.17) is 5.11 Å². The van der Waals surface area contributed by atoms with Gasteiger partial charge in [0, 0.05) is 47.1 Å². The van der Waals surface area contributed by atoms with Crippen LogP contribution in [0.1, 0.15) is 28.8 Å². The van der Waals surface area contributed by atoms with Crippen molar-refractivity contribution >= 4 is 11.3 Å². The maximum absolute atomic E-state index is 13.8. The van der Waals surface area contributed by atoms with E-state index in [1.165, 1.54) is 10.9 Å². The van der Waals surface area contributed by atoms with Crippen molar-refractivity contribution in [2.45, 2.75) is 32.0 Å². The molecule has 3 nitrogen and oxygen atoms in total. The molecule has 0 bridgehead atoms. The lowest BCUT2D eigenvalue weighted by Crippen LogP contribution is -2.45. The Balaban J connectivity index is 1.50. The number of benzene rings is 1. The smallest absolute Gasteiger partial charge is 0.127 e. The molecule has 0 amide bonds. The minimum Gasteiger partial charge on any atom is -0.384 e. The highest BCUT2D eigenvalue weighted by Gasteiger charge is 2.20. The van der Waals surface area contributed by atoms with E-state index in [1.807, 2.05) is 17.5 Å². The number of nitrogens with zero attached hydrogens (tertiary/aromatic N) is 1. The van der Waals surface area contributed by atoms with E-state index in [1.54, 1.807) is 17.4 Å². The van der Waals surface area contributed by atoms with Gasteiger partial charge in [-0.1, -0.05) is 30.0 Å². The summed E-state index contributed by atoms with van der Waals surface area (Å²) in [5.74, 6) is 5.48. The lowest BCUT2D eigenvalue weighted by molar-refractivity contribution is 0.181. The predicted molar refractivity (Wildman–Crippen MR) is 99.8 cm³/mol. The van der Waals surface area contributed by atoms with Crippen LogP contribution in [-0.2, 0) is 13.1 Å². The van der Waals surface area contributed by atoms with Crippen molar-refractivity contribution in [1.82, 2.24) is 10.2 Å². The molecule has 132 valence electrons. The molecule has 25 heavy (non-hydrogen) atoms. The van der Waals surface area contributed by atoms with Crippen LogP contribution in [0.2, 0.25) is 0 Å². The molecule has 5 heteroatoms. The number of nitrogens with one attached hydrogen (secondary N) is 1. The highest BCUT2D eigenvalue weighted by atomic mass is 32.1. The molecule has 1 fully saturated rings. The number of halogens is 1. The first-order chi connectivity index (χ1) is 12.2. The summed E-state index contributed by atoms with van der Waals surface area (Å²) in [6.07, 6.45) is 2.28. The van der Waals surface area contributed by atoms with E-state index in [9.17, 15) is 4.39 Å². The summed E-state index contributed by atoms with van der Waals surface area (Å²) in [5, 5.41) is 14.4. The summed E-state index contributed by atoms with van der Waals surface area (Å²) < 4.78 is 13.8. The van der Waals surface area contributed by atoms with Gasteiger partial charge in [0.2, 0.25) is 0 Å². The van der Waals surface area contributed by atoms with Gasteiger partial charge in [0.15, 0.2) is 0 Å². The first kappa shape index (κ1) is 18.1. The third kappa shape index (κ3) is 5.38. The molecule has 1 unspecified atom stereocenters. The van der Waals surface area contributed by atoms with Crippen LogP contribution in [0.3, 0.4) is 0 Å². The normalized spacial score (nSPS) is 17.9. The summed E-state index contributed by atoms with van der Waals surface area (Å²) in [6.45, 7) is 3.35. The van der Waals surface area contributed by atoms with Crippen molar-refractivity contribution in [1.29, 1.82) is 0 Å². The predicted octanol–water partition coefficient (Wildman–Crippen LogP) is 2.99.